The van der Waals surface area contributed by atoms with Gasteiger partial charge in [0.1, 0.15) is 11.9 Å². The molecule has 0 heterocycles. The SMILES string of the molecule is CC[C@@H](C)NC(=O)[C@@H](CC)N(Cc1ccc(F)cc1)C(=O)CN(C)S(=O)(=O)c1ccc(C)cc1. The van der Waals surface area contributed by atoms with Crippen molar-refractivity contribution in [3.63, 3.8) is 0 Å². The van der Waals surface area contributed by atoms with Crippen LogP contribution in [0.25, 0.3) is 0 Å². The summed E-state index contributed by atoms with van der Waals surface area (Å²) in [6.45, 7) is 7.07. The minimum Gasteiger partial charge on any atom is -0.352 e. The largest absolute Gasteiger partial charge is 0.352 e. The Morgan fingerprint density at radius 3 is 2.12 bits per heavy atom. The lowest BCUT2D eigenvalue weighted by Gasteiger charge is -2.32. The van der Waals surface area contributed by atoms with Gasteiger partial charge >= 0.3 is 0 Å². The molecular weight excluding hydrogens is 457 g/mol. The van der Waals surface area contributed by atoms with Gasteiger partial charge in [-0.1, -0.05) is 43.7 Å². The monoisotopic (exact) mass is 491 g/mol. The van der Waals surface area contributed by atoms with Gasteiger partial charge < -0.3 is 10.2 Å². The van der Waals surface area contributed by atoms with Gasteiger partial charge in [0, 0.05) is 19.6 Å². The van der Waals surface area contributed by atoms with Crippen molar-refractivity contribution in [2.45, 2.75) is 64.1 Å². The van der Waals surface area contributed by atoms with E-state index in [4.69, 9.17) is 0 Å². The molecule has 0 aliphatic heterocycles. The van der Waals surface area contributed by atoms with Crippen LogP contribution in [0.5, 0.6) is 0 Å². The fraction of sp³-hybridized carbons (Fsp3) is 0.440. The van der Waals surface area contributed by atoms with Crippen molar-refractivity contribution in [2.75, 3.05) is 13.6 Å². The number of nitrogens with one attached hydrogen (secondary N) is 1. The normalized spacial score (nSPS) is 13.4. The molecule has 0 saturated heterocycles. The molecule has 0 fully saturated rings. The molecule has 0 aliphatic carbocycles. The highest BCUT2D eigenvalue weighted by Crippen LogP contribution is 2.18. The van der Waals surface area contributed by atoms with Gasteiger partial charge in [0.05, 0.1) is 11.4 Å². The second-order valence-corrected chi connectivity index (χ2v) is 10.5. The molecule has 2 aromatic carbocycles. The van der Waals surface area contributed by atoms with E-state index < -0.39 is 34.3 Å². The molecule has 2 rings (SSSR count). The topological polar surface area (TPSA) is 86.8 Å². The molecule has 9 heteroatoms. The van der Waals surface area contributed by atoms with Crippen molar-refractivity contribution in [1.29, 1.82) is 0 Å². The number of amides is 2. The van der Waals surface area contributed by atoms with Crippen molar-refractivity contribution in [3.05, 3.63) is 65.5 Å². The Morgan fingerprint density at radius 2 is 1.59 bits per heavy atom. The van der Waals surface area contributed by atoms with E-state index in [-0.39, 0.29) is 23.4 Å². The molecule has 0 spiro atoms. The molecule has 186 valence electrons. The molecule has 34 heavy (non-hydrogen) atoms. The van der Waals surface area contributed by atoms with E-state index in [9.17, 15) is 22.4 Å². The van der Waals surface area contributed by atoms with E-state index in [2.05, 4.69) is 5.32 Å². The Labute approximate surface area is 202 Å². The van der Waals surface area contributed by atoms with Crippen LogP contribution in [0.3, 0.4) is 0 Å². The predicted octanol–water partition coefficient (Wildman–Crippen LogP) is 3.48. The lowest BCUT2D eigenvalue weighted by atomic mass is 10.1. The third-order valence-corrected chi connectivity index (χ3v) is 7.56. The van der Waals surface area contributed by atoms with Crippen LogP contribution in [0.4, 0.5) is 4.39 Å². The van der Waals surface area contributed by atoms with Crippen LogP contribution in [0.1, 0.15) is 44.7 Å². The molecular formula is C25H34FN3O4S. The standard InChI is InChI=1S/C25H34FN3O4S/c1-6-19(4)27-25(31)23(7-2)29(16-20-10-12-21(26)13-11-20)24(30)17-28(5)34(32,33)22-14-8-18(3)9-15-22/h8-15,19,23H,6-7,16-17H2,1-5H3,(H,27,31)/t19-,23-/m1/s1. The van der Waals surface area contributed by atoms with Crippen LogP contribution in [0.15, 0.2) is 53.4 Å². The van der Waals surface area contributed by atoms with Gasteiger partial charge in [0.25, 0.3) is 0 Å². The second kappa shape index (κ2) is 12.1. The molecule has 2 aromatic rings. The summed E-state index contributed by atoms with van der Waals surface area (Å²) in [7, 11) is -2.57. The van der Waals surface area contributed by atoms with Gasteiger partial charge in [0.15, 0.2) is 0 Å². The molecule has 0 aromatic heterocycles. The van der Waals surface area contributed by atoms with Gasteiger partial charge in [-0.15, -0.1) is 0 Å². The van der Waals surface area contributed by atoms with E-state index in [1.165, 1.54) is 36.2 Å². The maximum absolute atomic E-state index is 13.4. The summed E-state index contributed by atoms with van der Waals surface area (Å²) in [5, 5.41) is 2.90. The molecule has 0 aliphatic rings. The van der Waals surface area contributed by atoms with Crippen LogP contribution in [-0.4, -0.2) is 55.1 Å². The van der Waals surface area contributed by atoms with E-state index in [0.29, 0.717) is 12.0 Å². The number of carbonyl (C=O) groups is 2. The summed E-state index contributed by atoms with van der Waals surface area (Å²) >= 11 is 0. The fourth-order valence-corrected chi connectivity index (χ4v) is 4.52. The lowest BCUT2D eigenvalue weighted by molar-refractivity contribution is -0.141. The molecule has 0 radical (unpaired) electrons. The fourth-order valence-electron chi connectivity index (χ4n) is 3.40. The highest BCUT2D eigenvalue weighted by Gasteiger charge is 2.32. The van der Waals surface area contributed by atoms with E-state index in [1.54, 1.807) is 31.2 Å². The van der Waals surface area contributed by atoms with E-state index in [1.807, 2.05) is 20.8 Å². The first kappa shape index (κ1) is 27.5. The van der Waals surface area contributed by atoms with Crippen molar-refractivity contribution in [3.8, 4) is 0 Å². The van der Waals surface area contributed by atoms with E-state index >= 15 is 0 Å². The minimum atomic E-state index is -3.90. The number of hydrogen-bond acceptors (Lipinski definition) is 4. The maximum Gasteiger partial charge on any atom is 0.243 e. The number of sulfonamides is 1. The van der Waals surface area contributed by atoms with Crippen molar-refractivity contribution < 1.29 is 22.4 Å². The quantitative estimate of drug-likeness (QED) is 0.521. The van der Waals surface area contributed by atoms with Gasteiger partial charge in [-0.05, 0) is 56.5 Å². The number of hydrogen-bond donors (Lipinski definition) is 1. The average molecular weight is 492 g/mol. The third-order valence-electron chi connectivity index (χ3n) is 5.74. The number of benzene rings is 2. The van der Waals surface area contributed by atoms with Crippen LogP contribution < -0.4 is 5.32 Å². The van der Waals surface area contributed by atoms with Gasteiger partial charge in [-0.25, -0.2) is 12.8 Å². The lowest BCUT2D eigenvalue weighted by Crippen LogP contribution is -2.53. The highest BCUT2D eigenvalue weighted by atomic mass is 32.2. The number of rotatable bonds is 11. The molecule has 1 N–H and O–H groups in total. The number of carbonyl (C=O) groups excluding carboxylic acids is 2. The first-order chi connectivity index (χ1) is 16.0. The number of aryl methyl sites for hydroxylation is 1. The Balaban J connectivity index is 2.32. The Kier molecular flexibility index (Phi) is 9.76. The van der Waals surface area contributed by atoms with Crippen molar-refractivity contribution in [2.24, 2.45) is 0 Å². The zero-order valence-electron chi connectivity index (χ0n) is 20.4. The van der Waals surface area contributed by atoms with Gasteiger partial charge in [-0.3, -0.25) is 9.59 Å². The van der Waals surface area contributed by atoms with Crippen LogP contribution >= 0.6 is 0 Å². The smallest absolute Gasteiger partial charge is 0.243 e. The Bertz CT molecular complexity index is 1070. The summed E-state index contributed by atoms with van der Waals surface area (Å²) in [4.78, 5) is 27.8. The van der Waals surface area contributed by atoms with Crippen LogP contribution in [0.2, 0.25) is 0 Å². The Morgan fingerprint density at radius 1 is 1.00 bits per heavy atom. The van der Waals surface area contributed by atoms with Crippen LogP contribution in [0, 0.1) is 12.7 Å². The van der Waals surface area contributed by atoms with E-state index in [0.717, 1.165) is 16.3 Å². The highest BCUT2D eigenvalue weighted by molar-refractivity contribution is 7.89. The van der Waals surface area contributed by atoms with Gasteiger partial charge in [0.2, 0.25) is 21.8 Å². The summed E-state index contributed by atoms with van der Waals surface area (Å²) in [5.74, 6) is -1.24. The molecule has 7 nitrogen and oxygen atoms in total. The van der Waals surface area contributed by atoms with Crippen molar-refractivity contribution in [1.82, 2.24) is 14.5 Å². The predicted molar refractivity (Wildman–Crippen MR) is 130 cm³/mol. The molecule has 2 amide bonds. The minimum absolute atomic E-state index is 0.0456. The first-order valence-corrected chi connectivity index (χ1v) is 12.8. The molecule has 2 atom stereocenters. The van der Waals surface area contributed by atoms with Crippen LogP contribution in [-0.2, 0) is 26.2 Å². The zero-order valence-corrected chi connectivity index (χ0v) is 21.2. The molecule has 0 saturated carbocycles. The third kappa shape index (κ3) is 7.11. The summed E-state index contributed by atoms with van der Waals surface area (Å²) in [5.41, 5.74) is 1.55. The summed E-state index contributed by atoms with van der Waals surface area (Å²) in [6, 6.07) is 11.1. The summed E-state index contributed by atoms with van der Waals surface area (Å²) < 4.78 is 40.4. The second-order valence-electron chi connectivity index (χ2n) is 8.46. The van der Waals surface area contributed by atoms with Gasteiger partial charge in [-0.2, -0.15) is 4.31 Å². The first-order valence-electron chi connectivity index (χ1n) is 11.4. The maximum atomic E-state index is 13.4. The molecule has 0 bridgehead atoms. The zero-order chi connectivity index (χ0) is 25.5. The van der Waals surface area contributed by atoms with Crippen molar-refractivity contribution >= 4 is 21.8 Å². The number of nitrogens with zero attached hydrogens (tertiary/aromatic N) is 2. The Hall–Kier alpha value is -2.78. The summed E-state index contributed by atoms with van der Waals surface area (Å²) in [6.07, 6.45) is 1.06. The average Bonchev–Trinajstić information content (AvgIpc) is 2.80. The number of likely N-dealkylation sites (N-methyl/N-ethyl adjacent to an activating group) is 1. The molecule has 0 unspecified atom stereocenters. The number of halogens is 1.